The zero-order valence-corrected chi connectivity index (χ0v) is 18.3. The fraction of sp³-hybridized carbons (Fsp3) is 0.731. The third kappa shape index (κ3) is 2.90. The van der Waals surface area contributed by atoms with Crippen molar-refractivity contribution in [3.63, 3.8) is 0 Å². The second-order valence-electron chi connectivity index (χ2n) is 10.9. The molecule has 3 fully saturated rings. The van der Waals surface area contributed by atoms with Crippen molar-refractivity contribution >= 4 is 5.78 Å². The van der Waals surface area contributed by atoms with Crippen LogP contribution in [0.25, 0.3) is 0 Å². The van der Waals surface area contributed by atoms with E-state index in [1.54, 1.807) is 6.08 Å². The number of fused-ring (bicyclic) bond motifs is 5. The number of carbonyl (C=O) groups excluding carboxylic acids is 1. The van der Waals surface area contributed by atoms with Crippen molar-refractivity contribution in [2.75, 3.05) is 0 Å². The number of hydrogen-bond donors (Lipinski definition) is 1. The highest BCUT2D eigenvalue weighted by Gasteiger charge is 2.62. The highest BCUT2D eigenvalue weighted by molar-refractivity contribution is 6.01. The number of ketones is 1. The molecule has 0 aromatic carbocycles. The highest BCUT2D eigenvalue weighted by atomic mass is 16.3. The summed E-state index contributed by atoms with van der Waals surface area (Å²) in [5, 5.41) is 11.5. The average molecular weight is 383 g/mol. The van der Waals surface area contributed by atoms with Crippen LogP contribution >= 0.6 is 0 Å². The Bertz CT molecular complexity index is 729. The van der Waals surface area contributed by atoms with Crippen LogP contribution < -0.4 is 0 Å². The smallest absolute Gasteiger partial charge is 0.178 e. The molecule has 0 saturated heterocycles. The van der Waals surface area contributed by atoms with Crippen LogP contribution in [0.15, 0.2) is 36.0 Å². The molecule has 0 heterocycles. The molecule has 0 bridgehead atoms. The number of rotatable bonds is 3. The Hall–Kier alpha value is -1.15. The Morgan fingerprint density at radius 1 is 1.11 bits per heavy atom. The predicted molar refractivity (Wildman–Crippen MR) is 115 cm³/mol. The van der Waals surface area contributed by atoms with E-state index in [0.717, 1.165) is 12.8 Å². The quantitative estimate of drug-likeness (QED) is 0.633. The van der Waals surface area contributed by atoms with Crippen LogP contribution in [0.4, 0.5) is 0 Å². The minimum absolute atomic E-state index is 0.0215. The van der Waals surface area contributed by atoms with Gasteiger partial charge in [-0.3, -0.25) is 4.79 Å². The van der Waals surface area contributed by atoms with E-state index in [2.05, 4.69) is 52.8 Å². The van der Waals surface area contributed by atoms with Gasteiger partial charge in [0, 0.05) is 5.41 Å². The molecule has 8 atom stereocenters. The zero-order valence-electron chi connectivity index (χ0n) is 18.3. The first-order valence-electron chi connectivity index (χ1n) is 11.5. The maximum Gasteiger partial charge on any atom is 0.178 e. The molecule has 0 aromatic rings. The van der Waals surface area contributed by atoms with E-state index < -0.39 is 0 Å². The first-order valence-corrected chi connectivity index (χ1v) is 11.5. The molecule has 0 aliphatic heterocycles. The summed E-state index contributed by atoms with van der Waals surface area (Å²) in [6.07, 6.45) is 15.9. The van der Waals surface area contributed by atoms with Crippen LogP contribution in [0.3, 0.4) is 0 Å². The molecule has 0 unspecified atom stereocenters. The topological polar surface area (TPSA) is 37.3 Å². The lowest BCUT2D eigenvalue weighted by Crippen LogP contribution is -2.56. The summed E-state index contributed by atoms with van der Waals surface area (Å²) in [5.41, 5.74) is 1.29. The maximum absolute atomic E-state index is 11.9. The van der Waals surface area contributed by atoms with Gasteiger partial charge in [0.15, 0.2) is 5.78 Å². The van der Waals surface area contributed by atoms with Gasteiger partial charge < -0.3 is 5.11 Å². The Kier molecular flexibility index (Phi) is 5.01. The standard InChI is InChI=1S/C26H38O2/c1-16(2)6-7-17(3)21-10-11-22-20-9-8-18-14-19(27)12-13-25(18,4)23(20)15-24(28)26(21,22)5/h6-7,12-14,16-17,20-24,28H,8-11,15H2,1-5H3/b7-6+/t17-,20-,21+,22-,23-,24+,25-,26+/m0/s1. The van der Waals surface area contributed by atoms with Gasteiger partial charge >= 0.3 is 0 Å². The molecule has 4 aliphatic carbocycles. The molecule has 154 valence electrons. The van der Waals surface area contributed by atoms with Crippen molar-refractivity contribution < 1.29 is 9.90 Å². The summed E-state index contributed by atoms with van der Waals surface area (Å²) in [7, 11) is 0. The molecule has 3 saturated carbocycles. The molecule has 2 heteroatoms. The molecule has 4 rings (SSSR count). The van der Waals surface area contributed by atoms with Gasteiger partial charge in [0.2, 0.25) is 0 Å². The summed E-state index contributed by atoms with van der Waals surface area (Å²) >= 11 is 0. The Labute approximate surface area is 171 Å². The monoisotopic (exact) mass is 382 g/mol. The summed E-state index contributed by atoms with van der Waals surface area (Å²) < 4.78 is 0. The number of allylic oxidation sites excluding steroid dienone is 6. The number of carbonyl (C=O) groups is 1. The van der Waals surface area contributed by atoms with Crippen molar-refractivity contribution in [1.29, 1.82) is 0 Å². The van der Waals surface area contributed by atoms with Crippen LogP contribution in [-0.2, 0) is 4.79 Å². The molecule has 0 spiro atoms. The third-order valence-corrected chi connectivity index (χ3v) is 9.17. The van der Waals surface area contributed by atoms with Crippen LogP contribution in [0, 0.1) is 46.3 Å². The van der Waals surface area contributed by atoms with Gasteiger partial charge in [0.25, 0.3) is 0 Å². The van der Waals surface area contributed by atoms with E-state index in [9.17, 15) is 9.90 Å². The lowest BCUT2D eigenvalue weighted by Gasteiger charge is -2.59. The summed E-state index contributed by atoms with van der Waals surface area (Å²) in [4.78, 5) is 11.9. The van der Waals surface area contributed by atoms with E-state index in [4.69, 9.17) is 0 Å². The van der Waals surface area contributed by atoms with Gasteiger partial charge in [-0.25, -0.2) is 0 Å². The second-order valence-corrected chi connectivity index (χ2v) is 10.9. The van der Waals surface area contributed by atoms with Gasteiger partial charge in [-0.15, -0.1) is 0 Å². The minimum Gasteiger partial charge on any atom is -0.393 e. The highest BCUT2D eigenvalue weighted by Crippen LogP contribution is 2.66. The first kappa shape index (κ1) is 20.1. The number of aliphatic hydroxyl groups excluding tert-OH is 1. The van der Waals surface area contributed by atoms with Crippen LogP contribution in [0.1, 0.15) is 66.7 Å². The lowest BCUT2D eigenvalue weighted by atomic mass is 9.46. The summed E-state index contributed by atoms with van der Waals surface area (Å²) in [6, 6.07) is 0. The first-order chi connectivity index (χ1) is 13.2. The van der Waals surface area contributed by atoms with E-state index in [1.807, 2.05) is 6.08 Å². The van der Waals surface area contributed by atoms with Crippen molar-refractivity contribution in [3.05, 3.63) is 36.0 Å². The SMILES string of the molecule is CC(C)/C=C/[C@H](C)[C@H]1CC[C@H]2[C@@H]3CCC4=CC(=O)C=C[C@]4(C)[C@H]3C[C@@H](O)[C@]12C. The Morgan fingerprint density at radius 3 is 2.57 bits per heavy atom. The van der Waals surface area contributed by atoms with E-state index >= 15 is 0 Å². The normalized spacial score (nSPS) is 46.3. The molecule has 0 amide bonds. The minimum atomic E-state index is -0.247. The second kappa shape index (κ2) is 6.97. The van der Waals surface area contributed by atoms with E-state index in [1.165, 1.54) is 24.8 Å². The Balaban J connectivity index is 1.64. The molecule has 1 N–H and O–H groups in total. The molecule has 28 heavy (non-hydrogen) atoms. The van der Waals surface area contributed by atoms with Crippen LogP contribution in [0.5, 0.6) is 0 Å². The zero-order chi connectivity index (χ0) is 20.3. The van der Waals surface area contributed by atoms with Crippen molar-refractivity contribution in [2.24, 2.45) is 46.3 Å². The maximum atomic E-state index is 11.9. The largest absolute Gasteiger partial charge is 0.393 e. The van der Waals surface area contributed by atoms with Crippen molar-refractivity contribution in [3.8, 4) is 0 Å². The lowest BCUT2D eigenvalue weighted by molar-refractivity contribution is -0.129. The predicted octanol–water partition coefficient (Wildman–Crippen LogP) is 5.73. The van der Waals surface area contributed by atoms with Gasteiger partial charge in [0.1, 0.15) is 0 Å². The van der Waals surface area contributed by atoms with Gasteiger partial charge in [0.05, 0.1) is 6.10 Å². The number of aliphatic hydroxyl groups is 1. The van der Waals surface area contributed by atoms with Crippen molar-refractivity contribution in [1.82, 2.24) is 0 Å². The Morgan fingerprint density at radius 2 is 1.86 bits per heavy atom. The summed E-state index contributed by atoms with van der Waals surface area (Å²) in [6.45, 7) is 11.5. The van der Waals surface area contributed by atoms with Gasteiger partial charge in [-0.2, -0.15) is 0 Å². The van der Waals surface area contributed by atoms with Gasteiger partial charge in [-0.1, -0.05) is 58.4 Å². The average Bonchev–Trinajstić information content (AvgIpc) is 3.00. The van der Waals surface area contributed by atoms with E-state index in [-0.39, 0.29) is 22.7 Å². The summed E-state index contributed by atoms with van der Waals surface area (Å²) in [5.74, 6) is 3.54. The van der Waals surface area contributed by atoms with Crippen molar-refractivity contribution in [2.45, 2.75) is 72.8 Å². The van der Waals surface area contributed by atoms with E-state index in [0.29, 0.717) is 35.5 Å². The molecular formula is C26H38O2. The molecular weight excluding hydrogens is 344 g/mol. The fourth-order valence-electron chi connectivity index (χ4n) is 7.59. The number of hydrogen-bond acceptors (Lipinski definition) is 2. The molecule has 2 nitrogen and oxygen atoms in total. The van der Waals surface area contributed by atoms with Gasteiger partial charge in [-0.05, 0) is 85.2 Å². The fourth-order valence-corrected chi connectivity index (χ4v) is 7.59. The third-order valence-electron chi connectivity index (χ3n) is 9.17. The van der Waals surface area contributed by atoms with Crippen LogP contribution in [-0.4, -0.2) is 17.0 Å². The van der Waals surface area contributed by atoms with Crippen LogP contribution in [0.2, 0.25) is 0 Å². The molecule has 4 aliphatic rings. The molecule has 0 aromatic heterocycles. The molecule has 0 radical (unpaired) electrons.